The largest absolute Gasteiger partial charge is 0.394 e. The average Bonchev–Trinajstić information content (AvgIpc) is 2.76. The molecule has 0 bridgehead atoms. The van der Waals surface area contributed by atoms with E-state index in [1.807, 2.05) is 0 Å². The Kier molecular flexibility index (Phi) is 3.60. The Morgan fingerprint density at radius 1 is 1.64 bits per heavy atom. The van der Waals surface area contributed by atoms with Crippen molar-refractivity contribution in [2.24, 2.45) is 5.92 Å². The molecule has 0 radical (unpaired) electrons. The Balaban J connectivity index is 2.02. The molecule has 0 amide bonds. The molecule has 0 aromatic carbocycles. The SMILES string of the molecule is CC/C=C/[C@H]1C[C@@H]1OCCO. The fourth-order valence-corrected chi connectivity index (χ4v) is 1.10. The quantitative estimate of drug-likeness (QED) is 0.609. The van der Waals surface area contributed by atoms with Crippen molar-refractivity contribution in [2.75, 3.05) is 13.2 Å². The van der Waals surface area contributed by atoms with Crippen molar-refractivity contribution in [3.05, 3.63) is 12.2 Å². The normalized spacial score (nSPS) is 29.6. The Labute approximate surface area is 67.9 Å². The first-order chi connectivity index (χ1) is 5.38. The summed E-state index contributed by atoms with van der Waals surface area (Å²) >= 11 is 0. The van der Waals surface area contributed by atoms with Gasteiger partial charge in [0.2, 0.25) is 0 Å². The summed E-state index contributed by atoms with van der Waals surface area (Å²) in [7, 11) is 0. The van der Waals surface area contributed by atoms with Crippen LogP contribution in [0.25, 0.3) is 0 Å². The summed E-state index contributed by atoms with van der Waals surface area (Å²) in [5, 5.41) is 8.46. The molecule has 0 aliphatic heterocycles. The van der Waals surface area contributed by atoms with Crippen molar-refractivity contribution < 1.29 is 9.84 Å². The molecule has 1 saturated carbocycles. The van der Waals surface area contributed by atoms with Crippen LogP contribution in [0.5, 0.6) is 0 Å². The van der Waals surface area contributed by atoms with Gasteiger partial charge in [0.15, 0.2) is 0 Å². The van der Waals surface area contributed by atoms with Crippen molar-refractivity contribution in [3.63, 3.8) is 0 Å². The standard InChI is InChI=1S/C9H16O2/c1-2-3-4-8-7-9(8)11-6-5-10/h3-4,8-10H,2,5-7H2,1H3/b4-3+/t8-,9-/m0/s1. The molecule has 2 nitrogen and oxygen atoms in total. The Hall–Kier alpha value is -0.340. The van der Waals surface area contributed by atoms with Crippen molar-refractivity contribution in [3.8, 4) is 0 Å². The maximum atomic E-state index is 8.46. The van der Waals surface area contributed by atoms with E-state index in [0.717, 1.165) is 12.8 Å². The van der Waals surface area contributed by atoms with E-state index in [-0.39, 0.29) is 6.61 Å². The van der Waals surface area contributed by atoms with Crippen molar-refractivity contribution >= 4 is 0 Å². The predicted octanol–water partition coefficient (Wildman–Crippen LogP) is 1.35. The number of aliphatic hydroxyl groups is 1. The van der Waals surface area contributed by atoms with E-state index in [1.54, 1.807) is 0 Å². The van der Waals surface area contributed by atoms with Crippen LogP contribution in [0.4, 0.5) is 0 Å². The Morgan fingerprint density at radius 3 is 3.09 bits per heavy atom. The molecule has 0 aromatic heterocycles. The zero-order valence-corrected chi connectivity index (χ0v) is 6.99. The molecule has 1 aliphatic carbocycles. The fourth-order valence-electron chi connectivity index (χ4n) is 1.10. The van der Waals surface area contributed by atoms with Crippen LogP contribution < -0.4 is 0 Å². The molecule has 2 heteroatoms. The summed E-state index contributed by atoms with van der Waals surface area (Å²) in [6.45, 7) is 2.75. The van der Waals surface area contributed by atoms with Crippen molar-refractivity contribution in [1.82, 2.24) is 0 Å². The summed E-state index contributed by atoms with van der Waals surface area (Å²) in [5.74, 6) is 0.626. The van der Waals surface area contributed by atoms with E-state index in [0.29, 0.717) is 18.6 Å². The maximum absolute atomic E-state index is 8.46. The van der Waals surface area contributed by atoms with E-state index in [1.165, 1.54) is 0 Å². The van der Waals surface area contributed by atoms with Gasteiger partial charge in [-0.1, -0.05) is 19.1 Å². The van der Waals surface area contributed by atoms with Gasteiger partial charge in [-0.25, -0.2) is 0 Å². The lowest BCUT2D eigenvalue weighted by molar-refractivity contribution is 0.0760. The summed E-state index contributed by atoms with van der Waals surface area (Å²) in [4.78, 5) is 0. The van der Waals surface area contributed by atoms with Crippen LogP contribution in [0.3, 0.4) is 0 Å². The van der Waals surface area contributed by atoms with Gasteiger partial charge in [-0.3, -0.25) is 0 Å². The Morgan fingerprint density at radius 2 is 2.45 bits per heavy atom. The number of hydrogen-bond donors (Lipinski definition) is 1. The van der Waals surface area contributed by atoms with Crippen LogP contribution in [-0.2, 0) is 4.74 Å². The van der Waals surface area contributed by atoms with Gasteiger partial charge in [0.05, 0.1) is 19.3 Å². The van der Waals surface area contributed by atoms with Crippen molar-refractivity contribution in [2.45, 2.75) is 25.9 Å². The van der Waals surface area contributed by atoms with E-state index in [2.05, 4.69) is 19.1 Å². The fraction of sp³-hybridized carbons (Fsp3) is 0.778. The average molecular weight is 156 g/mol. The van der Waals surface area contributed by atoms with E-state index in [9.17, 15) is 0 Å². The smallest absolute Gasteiger partial charge is 0.0701 e. The van der Waals surface area contributed by atoms with E-state index in [4.69, 9.17) is 9.84 Å². The molecule has 0 saturated heterocycles. The van der Waals surface area contributed by atoms with Gasteiger partial charge < -0.3 is 9.84 Å². The Bertz CT molecular complexity index is 132. The van der Waals surface area contributed by atoms with Gasteiger partial charge in [-0.15, -0.1) is 0 Å². The molecule has 1 aliphatic rings. The highest BCUT2D eigenvalue weighted by Crippen LogP contribution is 2.34. The molecule has 64 valence electrons. The molecule has 1 rings (SSSR count). The second-order valence-corrected chi connectivity index (χ2v) is 2.87. The van der Waals surface area contributed by atoms with Gasteiger partial charge in [-0.05, 0) is 12.8 Å². The number of aliphatic hydroxyl groups excluding tert-OH is 1. The molecular weight excluding hydrogens is 140 g/mol. The third-order valence-electron chi connectivity index (χ3n) is 1.82. The molecular formula is C9H16O2. The van der Waals surface area contributed by atoms with Gasteiger partial charge in [-0.2, -0.15) is 0 Å². The number of rotatable bonds is 5. The summed E-state index contributed by atoms with van der Waals surface area (Å²) in [6.07, 6.45) is 7.01. The predicted molar refractivity (Wildman–Crippen MR) is 44.4 cm³/mol. The van der Waals surface area contributed by atoms with E-state index < -0.39 is 0 Å². The molecule has 0 heterocycles. The first-order valence-electron chi connectivity index (χ1n) is 4.27. The summed E-state index contributed by atoms with van der Waals surface area (Å²) < 4.78 is 5.31. The molecule has 11 heavy (non-hydrogen) atoms. The zero-order chi connectivity index (χ0) is 8.10. The molecule has 1 fully saturated rings. The van der Waals surface area contributed by atoms with Crippen LogP contribution in [0, 0.1) is 5.92 Å². The molecule has 1 N–H and O–H groups in total. The van der Waals surface area contributed by atoms with E-state index >= 15 is 0 Å². The number of ether oxygens (including phenoxy) is 1. The third-order valence-corrected chi connectivity index (χ3v) is 1.82. The lowest BCUT2D eigenvalue weighted by atomic mass is 10.3. The lowest BCUT2D eigenvalue weighted by Crippen LogP contribution is -2.01. The monoisotopic (exact) mass is 156 g/mol. The summed E-state index contributed by atoms with van der Waals surface area (Å²) in [6, 6.07) is 0. The minimum atomic E-state index is 0.140. The van der Waals surface area contributed by atoms with Crippen LogP contribution >= 0.6 is 0 Å². The molecule has 0 spiro atoms. The number of allylic oxidation sites excluding steroid dienone is 1. The van der Waals surface area contributed by atoms with Crippen LogP contribution in [0.2, 0.25) is 0 Å². The van der Waals surface area contributed by atoms with Gasteiger partial charge in [0.25, 0.3) is 0 Å². The molecule has 0 unspecified atom stereocenters. The molecule has 0 aromatic rings. The zero-order valence-electron chi connectivity index (χ0n) is 6.99. The van der Waals surface area contributed by atoms with Crippen LogP contribution in [-0.4, -0.2) is 24.4 Å². The highest BCUT2D eigenvalue weighted by Gasteiger charge is 2.35. The van der Waals surface area contributed by atoms with Crippen LogP contribution in [0.1, 0.15) is 19.8 Å². The second-order valence-electron chi connectivity index (χ2n) is 2.87. The topological polar surface area (TPSA) is 29.5 Å². The first-order valence-corrected chi connectivity index (χ1v) is 4.27. The summed E-state index contributed by atoms with van der Waals surface area (Å²) in [5.41, 5.74) is 0. The maximum Gasteiger partial charge on any atom is 0.0701 e. The van der Waals surface area contributed by atoms with Gasteiger partial charge in [0, 0.05) is 5.92 Å². The molecule has 2 atom stereocenters. The number of hydrogen-bond acceptors (Lipinski definition) is 2. The third kappa shape index (κ3) is 3.04. The van der Waals surface area contributed by atoms with Gasteiger partial charge in [0.1, 0.15) is 0 Å². The first kappa shape index (κ1) is 8.75. The van der Waals surface area contributed by atoms with Crippen molar-refractivity contribution in [1.29, 1.82) is 0 Å². The second kappa shape index (κ2) is 4.52. The highest BCUT2D eigenvalue weighted by molar-refractivity contribution is 5.03. The minimum Gasteiger partial charge on any atom is -0.394 e. The van der Waals surface area contributed by atoms with Gasteiger partial charge >= 0.3 is 0 Å². The lowest BCUT2D eigenvalue weighted by Gasteiger charge is -1.96. The minimum absolute atomic E-state index is 0.140. The highest BCUT2D eigenvalue weighted by atomic mass is 16.5. The van der Waals surface area contributed by atoms with Crippen LogP contribution in [0.15, 0.2) is 12.2 Å².